The summed E-state index contributed by atoms with van der Waals surface area (Å²) >= 11 is 1.13. The van der Waals surface area contributed by atoms with Crippen molar-refractivity contribution in [2.45, 2.75) is 13.0 Å². The number of amides is 1. The lowest BCUT2D eigenvalue weighted by atomic mass is 9.95. The number of ketones is 1. The predicted octanol–water partition coefficient (Wildman–Crippen LogP) is 2.54. The Labute approximate surface area is 139 Å². The number of hydrogen-bond donors (Lipinski definition) is 1. The second kappa shape index (κ2) is 5.85. The zero-order valence-corrected chi connectivity index (χ0v) is 13.2. The fourth-order valence-corrected chi connectivity index (χ4v) is 3.34. The fraction of sp³-hybridized carbons (Fsp3) is 0.133. The number of aliphatic hydroxyl groups excluding tert-OH is 1. The number of para-hydroxylation sites is 1. The minimum absolute atomic E-state index is 0.139. The highest BCUT2D eigenvalue weighted by Gasteiger charge is 2.46. The summed E-state index contributed by atoms with van der Waals surface area (Å²) in [6.45, 7) is 1.20. The molecule has 0 saturated heterocycles. The van der Waals surface area contributed by atoms with Crippen LogP contribution in [-0.4, -0.2) is 26.7 Å². The quantitative estimate of drug-likeness (QED) is 0.673. The summed E-state index contributed by atoms with van der Waals surface area (Å²) < 4.78 is 0. The molecule has 24 heavy (non-hydrogen) atoms. The van der Waals surface area contributed by atoms with Crippen LogP contribution in [0.5, 0.6) is 0 Å². The van der Waals surface area contributed by atoms with Gasteiger partial charge in [0.2, 0.25) is 0 Å². The number of rotatable bonds is 4. The van der Waals surface area contributed by atoms with Gasteiger partial charge in [-0.05, 0) is 13.0 Å². The van der Waals surface area contributed by atoms with E-state index in [1.165, 1.54) is 31.3 Å². The van der Waals surface area contributed by atoms with Crippen LogP contribution in [0, 0.1) is 10.1 Å². The molecule has 9 heteroatoms. The van der Waals surface area contributed by atoms with E-state index in [1.807, 2.05) is 0 Å². The van der Waals surface area contributed by atoms with Gasteiger partial charge in [0.1, 0.15) is 6.04 Å². The molecule has 1 unspecified atom stereocenters. The normalized spacial score (nSPS) is 17.5. The third-order valence-corrected chi connectivity index (χ3v) is 4.41. The molecule has 3 rings (SSSR count). The summed E-state index contributed by atoms with van der Waals surface area (Å²) in [5.41, 5.74) is -0.282. The van der Waals surface area contributed by atoms with Crippen LogP contribution in [0.2, 0.25) is 0 Å². The maximum atomic E-state index is 12.4. The largest absolute Gasteiger partial charge is 0.503 e. The maximum absolute atomic E-state index is 12.4. The van der Waals surface area contributed by atoms with Gasteiger partial charge in [-0.1, -0.05) is 12.1 Å². The van der Waals surface area contributed by atoms with Crippen LogP contribution < -0.4 is 4.90 Å². The van der Waals surface area contributed by atoms with Crippen LogP contribution in [0.15, 0.2) is 47.2 Å². The Balaban J connectivity index is 2.26. The minimum Gasteiger partial charge on any atom is -0.503 e. The Hall–Kier alpha value is -3.07. The Morgan fingerprint density at radius 3 is 2.71 bits per heavy atom. The van der Waals surface area contributed by atoms with E-state index in [2.05, 4.69) is 4.98 Å². The van der Waals surface area contributed by atoms with Gasteiger partial charge in [-0.25, -0.2) is 4.98 Å². The molecule has 1 N–H and O–H groups in total. The van der Waals surface area contributed by atoms with Gasteiger partial charge in [0.25, 0.3) is 11.6 Å². The lowest BCUT2D eigenvalue weighted by Crippen LogP contribution is -2.31. The Morgan fingerprint density at radius 2 is 2.12 bits per heavy atom. The van der Waals surface area contributed by atoms with E-state index in [0.717, 1.165) is 16.2 Å². The summed E-state index contributed by atoms with van der Waals surface area (Å²) in [4.78, 5) is 40.3. The number of nitro benzene ring substituents is 1. The standard InChI is InChI=1S/C15H11N3O5S/c1-8(19)11-12(9-4-2-3-5-10(9)18(22)23)17(14(21)13(11)20)15-16-6-7-24-15/h2-7,12,20H,1H3. The molecule has 0 radical (unpaired) electrons. The Bertz CT molecular complexity index is 875. The van der Waals surface area contributed by atoms with Crippen molar-refractivity contribution in [1.29, 1.82) is 0 Å². The molecule has 0 fully saturated rings. The minimum atomic E-state index is -1.09. The summed E-state index contributed by atoms with van der Waals surface area (Å²) in [5, 5.41) is 23.3. The number of aromatic nitrogens is 1. The first-order chi connectivity index (χ1) is 11.4. The van der Waals surface area contributed by atoms with Gasteiger partial charge in [0.05, 0.1) is 16.1 Å². The molecule has 0 spiro atoms. The highest BCUT2D eigenvalue weighted by Crippen LogP contribution is 2.43. The number of anilines is 1. The number of nitro groups is 1. The van der Waals surface area contributed by atoms with Crippen LogP contribution in [0.25, 0.3) is 0 Å². The second-order valence-electron chi connectivity index (χ2n) is 5.03. The van der Waals surface area contributed by atoms with Crippen LogP contribution in [0.4, 0.5) is 10.8 Å². The molecule has 0 saturated carbocycles. The van der Waals surface area contributed by atoms with E-state index in [0.29, 0.717) is 0 Å². The Kier molecular flexibility index (Phi) is 3.86. The number of aliphatic hydroxyl groups is 1. The molecule has 2 aromatic rings. The summed E-state index contributed by atoms with van der Waals surface area (Å²) in [5.74, 6) is -2.05. The van der Waals surface area contributed by atoms with Crippen molar-refractivity contribution in [1.82, 2.24) is 4.98 Å². The van der Waals surface area contributed by atoms with Gasteiger partial charge >= 0.3 is 0 Å². The summed E-state index contributed by atoms with van der Waals surface area (Å²) in [7, 11) is 0. The number of carbonyl (C=O) groups is 2. The fourth-order valence-electron chi connectivity index (χ4n) is 2.68. The lowest BCUT2D eigenvalue weighted by molar-refractivity contribution is -0.385. The smallest absolute Gasteiger partial charge is 0.296 e. The molecule has 8 nitrogen and oxygen atoms in total. The highest BCUT2D eigenvalue weighted by molar-refractivity contribution is 7.13. The van der Waals surface area contributed by atoms with E-state index in [1.54, 1.807) is 11.4 Å². The monoisotopic (exact) mass is 345 g/mol. The van der Waals surface area contributed by atoms with Gasteiger partial charge in [0, 0.05) is 17.6 Å². The highest BCUT2D eigenvalue weighted by atomic mass is 32.1. The predicted molar refractivity (Wildman–Crippen MR) is 85.8 cm³/mol. The van der Waals surface area contributed by atoms with Crippen LogP contribution in [0.3, 0.4) is 0 Å². The van der Waals surface area contributed by atoms with Crippen LogP contribution in [0.1, 0.15) is 18.5 Å². The van der Waals surface area contributed by atoms with Gasteiger partial charge in [-0.3, -0.25) is 24.6 Å². The van der Waals surface area contributed by atoms with E-state index < -0.39 is 28.4 Å². The molecule has 1 aromatic heterocycles. The second-order valence-corrected chi connectivity index (χ2v) is 5.90. The van der Waals surface area contributed by atoms with E-state index >= 15 is 0 Å². The number of hydrogen-bond acceptors (Lipinski definition) is 7. The molecule has 1 aromatic carbocycles. The number of Topliss-reactive ketones (excluding diaryl/α,β-unsaturated/α-hetero) is 1. The van der Waals surface area contributed by atoms with Crippen molar-refractivity contribution in [3.8, 4) is 0 Å². The van der Waals surface area contributed by atoms with Crippen molar-refractivity contribution in [3.63, 3.8) is 0 Å². The van der Waals surface area contributed by atoms with Gasteiger partial charge in [-0.2, -0.15) is 0 Å². The molecule has 1 amide bonds. The van der Waals surface area contributed by atoms with Gasteiger partial charge < -0.3 is 5.11 Å². The number of benzene rings is 1. The molecule has 0 bridgehead atoms. The average molecular weight is 345 g/mol. The van der Waals surface area contributed by atoms with Crippen molar-refractivity contribution in [2.24, 2.45) is 0 Å². The summed E-state index contributed by atoms with van der Waals surface area (Å²) in [6.07, 6.45) is 1.46. The van der Waals surface area contributed by atoms with Crippen molar-refractivity contribution < 1.29 is 19.6 Å². The molecule has 0 aliphatic carbocycles. The third-order valence-electron chi connectivity index (χ3n) is 3.64. The third kappa shape index (κ3) is 2.35. The number of nitrogens with zero attached hydrogens (tertiary/aromatic N) is 3. The Morgan fingerprint density at radius 1 is 1.42 bits per heavy atom. The maximum Gasteiger partial charge on any atom is 0.296 e. The number of carbonyl (C=O) groups excluding carboxylic acids is 2. The number of thiazole rings is 1. The molecule has 1 aliphatic heterocycles. The van der Waals surface area contributed by atoms with Gasteiger partial charge in [-0.15, -0.1) is 11.3 Å². The van der Waals surface area contributed by atoms with Crippen molar-refractivity contribution in [2.75, 3.05) is 4.90 Å². The van der Waals surface area contributed by atoms with Crippen molar-refractivity contribution in [3.05, 3.63) is 62.9 Å². The summed E-state index contributed by atoms with van der Waals surface area (Å²) in [6, 6.07) is 4.71. The molecule has 1 atom stereocenters. The van der Waals surface area contributed by atoms with Crippen LogP contribution in [-0.2, 0) is 9.59 Å². The lowest BCUT2D eigenvalue weighted by Gasteiger charge is -2.23. The SMILES string of the molecule is CC(=O)C1=C(O)C(=O)N(c2nccs2)C1c1ccccc1[N+](=O)[O-]. The zero-order valence-electron chi connectivity index (χ0n) is 12.4. The first-order valence-corrected chi connectivity index (χ1v) is 7.72. The topological polar surface area (TPSA) is 114 Å². The molecule has 122 valence electrons. The van der Waals surface area contributed by atoms with E-state index in [4.69, 9.17) is 0 Å². The van der Waals surface area contributed by atoms with Crippen molar-refractivity contribution >= 4 is 33.8 Å². The average Bonchev–Trinajstić information content (AvgIpc) is 3.14. The molecular formula is C15H11N3O5S. The molecule has 2 heterocycles. The molecular weight excluding hydrogens is 334 g/mol. The zero-order chi connectivity index (χ0) is 17.4. The van der Waals surface area contributed by atoms with Gasteiger partial charge in [0.15, 0.2) is 16.7 Å². The first kappa shape index (κ1) is 15.8. The van der Waals surface area contributed by atoms with E-state index in [9.17, 15) is 24.8 Å². The first-order valence-electron chi connectivity index (χ1n) is 6.84. The van der Waals surface area contributed by atoms with E-state index in [-0.39, 0.29) is 22.0 Å². The molecule has 1 aliphatic rings. The van der Waals surface area contributed by atoms with Crippen LogP contribution >= 0.6 is 11.3 Å².